The lowest BCUT2D eigenvalue weighted by Crippen LogP contribution is -1.96. The zero-order valence-corrected chi connectivity index (χ0v) is 8.76. The van der Waals surface area contributed by atoms with Crippen LogP contribution in [0.3, 0.4) is 0 Å². The van der Waals surface area contributed by atoms with Gasteiger partial charge in [-0.2, -0.15) is 4.98 Å². The minimum absolute atomic E-state index is 0.0561. The van der Waals surface area contributed by atoms with E-state index in [1.165, 1.54) is 0 Å². The molecule has 0 unspecified atom stereocenters. The Hall–Kier alpha value is -2.01. The molecule has 1 aromatic carbocycles. The standard InChI is InChI=1S/C10H6ClN3O2/c11-8-6-9(14(15)16)13-10(12-8)7-4-2-1-3-5-7/h1-6H. The lowest BCUT2D eigenvalue weighted by atomic mass is 10.2. The molecule has 1 aromatic heterocycles. The highest BCUT2D eigenvalue weighted by Gasteiger charge is 2.15. The zero-order chi connectivity index (χ0) is 11.5. The van der Waals surface area contributed by atoms with E-state index < -0.39 is 4.92 Å². The smallest absolute Gasteiger partial charge is 0.358 e. The summed E-state index contributed by atoms with van der Waals surface area (Å²) in [7, 11) is 0. The third-order valence-corrected chi connectivity index (χ3v) is 2.09. The van der Waals surface area contributed by atoms with E-state index >= 15 is 0 Å². The van der Waals surface area contributed by atoms with E-state index in [2.05, 4.69) is 9.97 Å². The SMILES string of the molecule is O=[N+]([O-])c1cc(Cl)nc(-c2ccccc2)n1. The van der Waals surface area contributed by atoms with Crippen molar-refractivity contribution >= 4 is 17.4 Å². The van der Waals surface area contributed by atoms with Gasteiger partial charge >= 0.3 is 5.82 Å². The van der Waals surface area contributed by atoms with Crippen molar-refractivity contribution < 1.29 is 4.92 Å². The molecule has 0 aliphatic rings. The first kappa shape index (κ1) is 10.5. The first-order valence-electron chi connectivity index (χ1n) is 4.41. The summed E-state index contributed by atoms with van der Waals surface area (Å²) in [6, 6.07) is 10.1. The fourth-order valence-corrected chi connectivity index (χ4v) is 1.39. The fourth-order valence-electron chi connectivity index (χ4n) is 1.22. The monoisotopic (exact) mass is 235 g/mol. The first-order chi connectivity index (χ1) is 7.66. The van der Waals surface area contributed by atoms with Crippen molar-refractivity contribution in [2.75, 3.05) is 0 Å². The highest BCUT2D eigenvalue weighted by atomic mass is 35.5. The van der Waals surface area contributed by atoms with Crippen LogP contribution in [0, 0.1) is 10.1 Å². The number of rotatable bonds is 2. The average molecular weight is 236 g/mol. The number of nitro groups is 1. The van der Waals surface area contributed by atoms with Crippen LogP contribution in [0.4, 0.5) is 5.82 Å². The third kappa shape index (κ3) is 2.14. The van der Waals surface area contributed by atoms with Crippen LogP contribution in [0.1, 0.15) is 0 Å². The number of halogens is 1. The van der Waals surface area contributed by atoms with Crippen molar-refractivity contribution in [2.45, 2.75) is 0 Å². The Morgan fingerprint density at radius 2 is 1.88 bits per heavy atom. The molecule has 0 aliphatic heterocycles. The molecule has 0 bridgehead atoms. The predicted molar refractivity (Wildman–Crippen MR) is 59.1 cm³/mol. The predicted octanol–water partition coefficient (Wildman–Crippen LogP) is 2.71. The van der Waals surface area contributed by atoms with E-state index in [1.807, 2.05) is 6.07 Å². The molecule has 1 heterocycles. The highest BCUT2D eigenvalue weighted by Crippen LogP contribution is 2.20. The summed E-state index contributed by atoms with van der Waals surface area (Å²) in [5.41, 5.74) is 0.688. The minimum atomic E-state index is -0.597. The van der Waals surface area contributed by atoms with Crippen LogP contribution in [0.25, 0.3) is 11.4 Å². The second-order valence-corrected chi connectivity index (χ2v) is 3.38. The number of nitrogens with zero attached hydrogens (tertiary/aromatic N) is 3. The molecule has 6 heteroatoms. The largest absolute Gasteiger partial charge is 0.369 e. The zero-order valence-electron chi connectivity index (χ0n) is 8.00. The van der Waals surface area contributed by atoms with Crippen molar-refractivity contribution in [1.82, 2.24) is 9.97 Å². The lowest BCUT2D eigenvalue weighted by Gasteiger charge is -1.97. The molecule has 0 saturated carbocycles. The molecular weight excluding hydrogens is 230 g/mol. The summed E-state index contributed by atoms with van der Waals surface area (Å²) in [6.45, 7) is 0. The Bertz CT molecular complexity index is 531. The van der Waals surface area contributed by atoms with Crippen molar-refractivity contribution in [1.29, 1.82) is 0 Å². The summed E-state index contributed by atoms with van der Waals surface area (Å²) < 4.78 is 0. The summed E-state index contributed by atoms with van der Waals surface area (Å²) >= 11 is 5.69. The van der Waals surface area contributed by atoms with E-state index in [1.54, 1.807) is 24.3 Å². The van der Waals surface area contributed by atoms with Crippen molar-refractivity contribution in [3.8, 4) is 11.4 Å². The van der Waals surface area contributed by atoms with E-state index in [4.69, 9.17) is 11.6 Å². The van der Waals surface area contributed by atoms with Gasteiger partial charge < -0.3 is 10.1 Å². The van der Waals surface area contributed by atoms with Crippen LogP contribution in [0.2, 0.25) is 5.15 Å². The van der Waals surface area contributed by atoms with Gasteiger partial charge in [0, 0.05) is 5.56 Å². The Kier molecular flexibility index (Phi) is 2.78. The van der Waals surface area contributed by atoms with E-state index in [-0.39, 0.29) is 16.8 Å². The number of hydrogen-bond donors (Lipinski definition) is 0. The molecule has 5 nitrogen and oxygen atoms in total. The number of aromatic nitrogens is 2. The molecular formula is C10H6ClN3O2. The van der Waals surface area contributed by atoms with Crippen LogP contribution < -0.4 is 0 Å². The van der Waals surface area contributed by atoms with Gasteiger partial charge in [0.2, 0.25) is 0 Å². The fraction of sp³-hybridized carbons (Fsp3) is 0. The van der Waals surface area contributed by atoms with Gasteiger partial charge in [-0.3, -0.25) is 0 Å². The van der Waals surface area contributed by atoms with Crippen molar-refractivity contribution in [3.05, 3.63) is 51.7 Å². The molecule has 0 N–H and O–H groups in total. The van der Waals surface area contributed by atoms with Gasteiger partial charge in [-0.05, 0) is 22.0 Å². The molecule has 0 radical (unpaired) electrons. The van der Waals surface area contributed by atoms with Crippen molar-refractivity contribution in [2.24, 2.45) is 0 Å². The molecule has 2 rings (SSSR count). The number of hydrogen-bond acceptors (Lipinski definition) is 4. The van der Waals surface area contributed by atoms with Gasteiger partial charge in [-0.15, -0.1) is 0 Å². The lowest BCUT2D eigenvalue weighted by molar-refractivity contribution is -0.389. The second-order valence-electron chi connectivity index (χ2n) is 3.00. The van der Waals surface area contributed by atoms with Gasteiger partial charge in [-0.25, -0.2) is 0 Å². The normalized spacial score (nSPS) is 10.1. The maximum Gasteiger partial charge on any atom is 0.369 e. The Morgan fingerprint density at radius 3 is 2.50 bits per heavy atom. The van der Waals surface area contributed by atoms with Gasteiger partial charge in [0.05, 0.1) is 6.07 Å². The average Bonchev–Trinajstić information content (AvgIpc) is 2.29. The Morgan fingerprint density at radius 1 is 1.19 bits per heavy atom. The molecule has 16 heavy (non-hydrogen) atoms. The molecule has 0 spiro atoms. The molecule has 80 valence electrons. The Labute approximate surface area is 95.9 Å². The van der Waals surface area contributed by atoms with Gasteiger partial charge in [0.25, 0.3) is 5.82 Å². The molecule has 0 atom stereocenters. The molecule has 0 saturated heterocycles. The minimum Gasteiger partial charge on any atom is -0.358 e. The van der Waals surface area contributed by atoms with Gasteiger partial charge in [0.15, 0.2) is 0 Å². The summed E-state index contributed by atoms with van der Waals surface area (Å²) in [4.78, 5) is 17.7. The quantitative estimate of drug-likeness (QED) is 0.456. The topological polar surface area (TPSA) is 68.9 Å². The first-order valence-corrected chi connectivity index (χ1v) is 4.79. The second kappa shape index (κ2) is 4.24. The van der Waals surface area contributed by atoms with Gasteiger partial charge in [-0.1, -0.05) is 29.8 Å². The van der Waals surface area contributed by atoms with E-state index in [0.717, 1.165) is 6.07 Å². The van der Waals surface area contributed by atoms with Crippen LogP contribution in [0.5, 0.6) is 0 Å². The molecule has 0 fully saturated rings. The van der Waals surface area contributed by atoms with Crippen LogP contribution in [0.15, 0.2) is 36.4 Å². The molecule has 0 aliphatic carbocycles. The number of benzene rings is 1. The highest BCUT2D eigenvalue weighted by molar-refractivity contribution is 6.29. The van der Waals surface area contributed by atoms with E-state index in [9.17, 15) is 10.1 Å². The summed E-state index contributed by atoms with van der Waals surface area (Å²) in [6.07, 6.45) is 0. The Balaban J connectivity index is 2.54. The molecule has 2 aromatic rings. The molecule has 0 amide bonds. The van der Waals surface area contributed by atoms with Crippen LogP contribution >= 0.6 is 11.6 Å². The van der Waals surface area contributed by atoms with E-state index in [0.29, 0.717) is 5.56 Å². The van der Waals surface area contributed by atoms with Crippen molar-refractivity contribution in [3.63, 3.8) is 0 Å². The van der Waals surface area contributed by atoms with Gasteiger partial charge in [0.1, 0.15) is 5.15 Å². The van der Waals surface area contributed by atoms with Crippen LogP contribution in [-0.2, 0) is 0 Å². The maximum atomic E-state index is 10.6. The summed E-state index contributed by atoms with van der Waals surface area (Å²) in [5, 5.41) is 10.6. The van der Waals surface area contributed by atoms with Crippen LogP contribution in [-0.4, -0.2) is 14.9 Å². The summed E-state index contributed by atoms with van der Waals surface area (Å²) in [5.74, 6) is -0.0568. The third-order valence-electron chi connectivity index (χ3n) is 1.90. The maximum absolute atomic E-state index is 10.6.